The first-order valence-corrected chi connectivity index (χ1v) is 6.42. The minimum Gasteiger partial charge on any atom is -0.385 e. The molecule has 1 aliphatic rings. The molecule has 1 rings (SSSR count). The topological polar surface area (TPSA) is 84.7 Å². The van der Waals surface area contributed by atoms with E-state index in [2.05, 4.69) is 5.32 Å². The van der Waals surface area contributed by atoms with Crippen molar-refractivity contribution in [1.29, 1.82) is 0 Å². The van der Waals surface area contributed by atoms with Gasteiger partial charge in [0, 0.05) is 32.7 Å². The summed E-state index contributed by atoms with van der Waals surface area (Å²) < 4.78 is 4.92. The Labute approximate surface area is 108 Å². The van der Waals surface area contributed by atoms with Gasteiger partial charge in [0.15, 0.2) is 0 Å². The summed E-state index contributed by atoms with van der Waals surface area (Å²) in [6, 6.07) is 0.0845. The summed E-state index contributed by atoms with van der Waals surface area (Å²) in [6.07, 6.45) is 3.02. The zero-order valence-corrected chi connectivity index (χ0v) is 11.0. The Balaban J connectivity index is 2.52. The van der Waals surface area contributed by atoms with Crippen LogP contribution in [-0.2, 0) is 14.3 Å². The molecule has 0 bridgehead atoms. The van der Waals surface area contributed by atoms with Crippen molar-refractivity contribution in [2.24, 2.45) is 5.73 Å². The quantitative estimate of drug-likeness (QED) is 0.601. The number of piperidine rings is 1. The van der Waals surface area contributed by atoms with Crippen molar-refractivity contribution in [2.75, 3.05) is 33.4 Å². The minimum atomic E-state index is -0.458. The molecule has 6 nitrogen and oxygen atoms in total. The van der Waals surface area contributed by atoms with Crippen LogP contribution >= 0.6 is 0 Å². The van der Waals surface area contributed by atoms with Gasteiger partial charge in [0.25, 0.3) is 0 Å². The van der Waals surface area contributed by atoms with Crippen LogP contribution in [0.2, 0.25) is 0 Å². The Morgan fingerprint density at radius 1 is 1.50 bits per heavy atom. The highest BCUT2D eigenvalue weighted by Crippen LogP contribution is 2.12. The lowest BCUT2D eigenvalue weighted by Gasteiger charge is -2.34. The van der Waals surface area contributed by atoms with E-state index in [9.17, 15) is 9.59 Å². The molecular weight excluding hydrogens is 234 g/mol. The van der Waals surface area contributed by atoms with Gasteiger partial charge >= 0.3 is 0 Å². The maximum Gasteiger partial charge on any atom is 0.237 e. The molecule has 104 valence electrons. The van der Waals surface area contributed by atoms with Crippen LogP contribution in [0.1, 0.15) is 25.7 Å². The summed E-state index contributed by atoms with van der Waals surface area (Å²) in [5, 5.41) is 3.24. The first kappa shape index (κ1) is 14.9. The number of rotatable bonds is 7. The molecule has 1 unspecified atom stereocenters. The molecule has 6 heteroatoms. The number of hydrogen-bond acceptors (Lipinski definition) is 4. The van der Waals surface area contributed by atoms with Crippen molar-refractivity contribution >= 4 is 11.8 Å². The number of carbonyl (C=O) groups excluding carboxylic acids is 2. The lowest BCUT2D eigenvalue weighted by molar-refractivity contribution is -0.138. The zero-order valence-electron chi connectivity index (χ0n) is 11.0. The van der Waals surface area contributed by atoms with Crippen molar-refractivity contribution in [3.8, 4) is 0 Å². The molecule has 3 N–H and O–H groups in total. The van der Waals surface area contributed by atoms with Crippen molar-refractivity contribution in [2.45, 2.75) is 31.7 Å². The molecule has 0 aromatic rings. The third-order valence-corrected chi connectivity index (χ3v) is 3.10. The number of primary amides is 1. The molecule has 1 aliphatic heterocycles. The monoisotopic (exact) mass is 257 g/mol. The van der Waals surface area contributed by atoms with Crippen LogP contribution in [0.3, 0.4) is 0 Å². The average Bonchev–Trinajstić information content (AvgIpc) is 2.37. The molecule has 2 amide bonds. The second-order valence-electron chi connectivity index (χ2n) is 4.58. The second-order valence-corrected chi connectivity index (χ2v) is 4.58. The third-order valence-electron chi connectivity index (χ3n) is 3.10. The van der Waals surface area contributed by atoms with Gasteiger partial charge in [0.05, 0.1) is 6.54 Å². The first-order chi connectivity index (χ1) is 8.65. The third kappa shape index (κ3) is 5.01. The van der Waals surface area contributed by atoms with Gasteiger partial charge in [-0.15, -0.1) is 0 Å². The number of amides is 2. The van der Waals surface area contributed by atoms with Gasteiger partial charge < -0.3 is 20.7 Å². The number of nitrogens with two attached hydrogens (primary N) is 1. The maximum absolute atomic E-state index is 12.1. The van der Waals surface area contributed by atoms with Crippen molar-refractivity contribution in [3.63, 3.8) is 0 Å². The lowest BCUT2D eigenvalue weighted by Crippen LogP contribution is -2.51. The zero-order chi connectivity index (χ0) is 13.4. The number of carbonyl (C=O) groups is 2. The van der Waals surface area contributed by atoms with Gasteiger partial charge in [0.1, 0.15) is 0 Å². The highest BCUT2D eigenvalue weighted by atomic mass is 16.5. The Morgan fingerprint density at radius 2 is 2.28 bits per heavy atom. The van der Waals surface area contributed by atoms with Crippen LogP contribution in [-0.4, -0.2) is 56.1 Å². The minimum absolute atomic E-state index is 0.0121. The smallest absolute Gasteiger partial charge is 0.237 e. The summed E-state index contributed by atoms with van der Waals surface area (Å²) in [6.45, 7) is 2.28. The van der Waals surface area contributed by atoms with E-state index in [1.807, 2.05) is 0 Å². The largest absolute Gasteiger partial charge is 0.385 e. The molecule has 0 spiro atoms. The molecule has 1 atom stereocenters. The van der Waals surface area contributed by atoms with Crippen LogP contribution in [0, 0.1) is 0 Å². The van der Waals surface area contributed by atoms with Gasteiger partial charge in [-0.25, -0.2) is 0 Å². The Morgan fingerprint density at radius 3 is 2.83 bits per heavy atom. The first-order valence-electron chi connectivity index (χ1n) is 6.42. The van der Waals surface area contributed by atoms with E-state index < -0.39 is 5.91 Å². The molecule has 0 radical (unpaired) electrons. The molecule has 1 saturated heterocycles. The van der Waals surface area contributed by atoms with Gasteiger partial charge in [-0.1, -0.05) is 0 Å². The van der Waals surface area contributed by atoms with Crippen molar-refractivity contribution in [1.82, 2.24) is 10.2 Å². The maximum atomic E-state index is 12.1. The van der Waals surface area contributed by atoms with Gasteiger partial charge in [0.2, 0.25) is 11.8 Å². The number of methoxy groups -OCH3 is 1. The Kier molecular flexibility index (Phi) is 6.67. The van der Waals surface area contributed by atoms with E-state index in [1.54, 1.807) is 12.0 Å². The molecule has 0 aromatic carbocycles. The highest BCUT2D eigenvalue weighted by Gasteiger charge is 2.25. The molecule has 1 fully saturated rings. The fraction of sp³-hybridized carbons (Fsp3) is 0.833. The number of hydrogen-bond donors (Lipinski definition) is 2. The molecular formula is C12H23N3O3. The SMILES string of the molecule is COCCCC(=O)N(CC(N)=O)C1CCCNC1. The van der Waals surface area contributed by atoms with Crippen molar-refractivity contribution in [3.05, 3.63) is 0 Å². The molecule has 18 heavy (non-hydrogen) atoms. The van der Waals surface area contributed by atoms with E-state index in [0.717, 1.165) is 25.9 Å². The normalized spacial score (nSPS) is 19.5. The van der Waals surface area contributed by atoms with E-state index in [-0.39, 0.29) is 18.5 Å². The average molecular weight is 257 g/mol. The van der Waals surface area contributed by atoms with Gasteiger partial charge in [-0.3, -0.25) is 9.59 Å². The predicted molar refractivity (Wildman–Crippen MR) is 67.9 cm³/mol. The predicted octanol–water partition coefficient (Wildman–Crippen LogP) is -0.521. The second kappa shape index (κ2) is 8.05. The Hall–Kier alpha value is -1.14. The van der Waals surface area contributed by atoms with Crippen LogP contribution in [0.25, 0.3) is 0 Å². The van der Waals surface area contributed by atoms with E-state index in [0.29, 0.717) is 19.4 Å². The highest BCUT2D eigenvalue weighted by molar-refractivity contribution is 5.84. The fourth-order valence-corrected chi connectivity index (χ4v) is 2.20. The standard InChI is InChI=1S/C12H23N3O3/c1-18-7-3-5-12(17)15(9-11(13)16)10-4-2-6-14-8-10/h10,14H,2-9H2,1H3,(H2,13,16). The number of nitrogens with zero attached hydrogens (tertiary/aromatic N) is 1. The summed E-state index contributed by atoms with van der Waals surface area (Å²) in [7, 11) is 1.61. The lowest BCUT2D eigenvalue weighted by atomic mass is 10.0. The molecule has 1 heterocycles. The summed E-state index contributed by atoms with van der Waals surface area (Å²) in [5.41, 5.74) is 5.21. The van der Waals surface area contributed by atoms with Crippen LogP contribution < -0.4 is 11.1 Å². The fourth-order valence-electron chi connectivity index (χ4n) is 2.20. The van der Waals surface area contributed by atoms with Crippen LogP contribution in [0.5, 0.6) is 0 Å². The molecule has 0 aromatic heterocycles. The van der Waals surface area contributed by atoms with Gasteiger partial charge in [-0.2, -0.15) is 0 Å². The summed E-state index contributed by atoms with van der Waals surface area (Å²) >= 11 is 0. The molecule has 0 saturated carbocycles. The Bertz CT molecular complexity index is 278. The van der Waals surface area contributed by atoms with E-state index in [4.69, 9.17) is 10.5 Å². The molecule has 0 aliphatic carbocycles. The van der Waals surface area contributed by atoms with E-state index >= 15 is 0 Å². The summed E-state index contributed by atoms with van der Waals surface area (Å²) in [4.78, 5) is 24.8. The van der Waals surface area contributed by atoms with Crippen LogP contribution in [0.15, 0.2) is 0 Å². The number of ether oxygens (including phenoxy) is 1. The van der Waals surface area contributed by atoms with Crippen molar-refractivity contribution < 1.29 is 14.3 Å². The van der Waals surface area contributed by atoms with Crippen LogP contribution in [0.4, 0.5) is 0 Å². The summed E-state index contributed by atoms with van der Waals surface area (Å²) in [5.74, 6) is -0.472. The van der Waals surface area contributed by atoms with Gasteiger partial charge in [-0.05, 0) is 25.8 Å². The van der Waals surface area contributed by atoms with E-state index in [1.165, 1.54) is 0 Å². The number of nitrogens with one attached hydrogen (secondary N) is 1.